The van der Waals surface area contributed by atoms with E-state index in [1.54, 1.807) is 24.3 Å². The van der Waals surface area contributed by atoms with E-state index in [1.807, 2.05) is 6.07 Å². The number of benzene rings is 2. The van der Waals surface area contributed by atoms with E-state index in [-0.39, 0.29) is 10.0 Å². The molecule has 2 rings (SSSR count). The molecule has 0 aliphatic rings. The first kappa shape index (κ1) is 13.3. The van der Waals surface area contributed by atoms with Gasteiger partial charge in [-0.1, -0.05) is 11.8 Å². The molecule has 0 N–H and O–H groups in total. The Hall–Kier alpha value is -2.17. The number of rotatable bonds is 0. The van der Waals surface area contributed by atoms with Crippen LogP contribution >= 0.6 is 15.9 Å². The lowest BCUT2D eigenvalue weighted by Gasteiger charge is -1.97. The van der Waals surface area contributed by atoms with E-state index in [4.69, 9.17) is 5.26 Å². The highest BCUT2D eigenvalue weighted by Crippen LogP contribution is 2.19. The molecule has 0 aromatic heterocycles. The van der Waals surface area contributed by atoms with Gasteiger partial charge in [-0.2, -0.15) is 5.26 Å². The Labute approximate surface area is 117 Å². The van der Waals surface area contributed by atoms with Crippen molar-refractivity contribution in [2.75, 3.05) is 0 Å². The molecule has 0 aliphatic carbocycles. The molecular formula is C15H6BrF2N. The summed E-state index contributed by atoms with van der Waals surface area (Å²) in [6.07, 6.45) is 0. The first-order valence-corrected chi connectivity index (χ1v) is 6.06. The first-order valence-electron chi connectivity index (χ1n) is 5.27. The normalized spacial score (nSPS) is 9.37. The summed E-state index contributed by atoms with van der Waals surface area (Å²) in [4.78, 5) is 0. The molecule has 0 fully saturated rings. The molecule has 2 aromatic rings. The van der Waals surface area contributed by atoms with E-state index in [2.05, 4.69) is 27.8 Å². The fourth-order valence-corrected chi connectivity index (χ4v) is 1.70. The van der Waals surface area contributed by atoms with Crippen molar-refractivity contribution < 1.29 is 8.78 Å². The molecule has 92 valence electrons. The third kappa shape index (κ3) is 3.19. The number of halogens is 3. The molecule has 0 heterocycles. The van der Waals surface area contributed by atoms with Gasteiger partial charge in [0.1, 0.15) is 11.6 Å². The zero-order chi connectivity index (χ0) is 13.8. The van der Waals surface area contributed by atoms with Gasteiger partial charge in [-0.3, -0.25) is 0 Å². The van der Waals surface area contributed by atoms with Crippen LogP contribution in [0.5, 0.6) is 0 Å². The van der Waals surface area contributed by atoms with Crippen molar-refractivity contribution in [3.63, 3.8) is 0 Å². The van der Waals surface area contributed by atoms with Crippen LogP contribution in [0, 0.1) is 34.8 Å². The van der Waals surface area contributed by atoms with E-state index < -0.39 is 11.6 Å². The maximum absolute atomic E-state index is 13.5. The number of hydrogen-bond acceptors (Lipinski definition) is 1. The molecule has 0 unspecified atom stereocenters. The van der Waals surface area contributed by atoms with Crippen LogP contribution in [0.25, 0.3) is 0 Å². The van der Waals surface area contributed by atoms with Crippen molar-refractivity contribution in [1.29, 1.82) is 5.26 Å². The number of hydrogen-bond donors (Lipinski definition) is 0. The lowest BCUT2D eigenvalue weighted by molar-refractivity contribution is 0.592. The van der Waals surface area contributed by atoms with Gasteiger partial charge in [-0.15, -0.1) is 0 Å². The average Bonchev–Trinajstić information content (AvgIpc) is 2.42. The summed E-state index contributed by atoms with van der Waals surface area (Å²) in [7, 11) is 0. The Morgan fingerprint density at radius 2 is 1.53 bits per heavy atom. The van der Waals surface area contributed by atoms with Crippen molar-refractivity contribution in [1.82, 2.24) is 0 Å². The quantitative estimate of drug-likeness (QED) is 0.532. The summed E-state index contributed by atoms with van der Waals surface area (Å²) in [5, 5.41) is 8.65. The largest absolute Gasteiger partial charge is 0.206 e. The average molecular weight is 318 g/mol. The minimum absolute atomic E-state index is 0.00920. The highest BCUT2D eigenvalue weighted by molar-refractivity contribution is 9.10. The molecule has 0 radical (unpaired) electrons. The fraction of sp³-hybridized carbons (Fsp3) is 0. The van der Waals surface area contributed by atoms with E-state index in [0.29, 0.717) is 11.1 Å². The van der Waals surface area contributed by atoms with Gasteiger partial charge in [-0.25, -0.2) is 8.78 Å². The Balaban J connectivity index is 2.34. The van der Waals surface area contributed by atoms with Gasteiger partial charge in [0.2, 0.25) is 0 Å². The summed E-state index contributed by atoms with van der Waals surface area (Å²) in [6.45, 7) is 0. The Bertz CT molecular complexity index is 719. The Morgan fingerprint density at radius 3 is 2.16 bits per heavy atom. The smallest absolute Gasteiger partial charge is 0.140 e. The molecule has 1 nitrogen and oxygen atoms in total. The summed E-state index contributed by atoms with van der Waals surface area (Å²) < 4.78 is 26.8. The van der Waals surface area contributed by atoms with Crippen molar-refractivity contribution >= 4 is 15.9 Å². The van der Waals surface area contributed by atoms with Crippen LogP contribution in [0.1, 0.15) is 16.7 Å². The minimum atomic E-state index is -0.588. The molecule has 0 bridgehead atoms. The highest BCUT2D eigenvalue weighted by atomic mass is 79.9. The van der Waals surface area contributed by atoms with Gasteiger partial charge < -0.3 is 0 Å². The second-order valence-electron chi connectivity index (χ2n) is 3.69. The third-order valence-electron chi connectivity index (χ3n) is 2.37. The SMILES string of the molecule is N#Cc1ccc(C#Cc2cc(F)c(Br)cc2F)cc1. The molecule has 0 aliphatic heterocycles. The third-order valence-corrected chi connectivity index (χ3v) is 2.97. The summed E-state index contributed by atoms with van der Waals surface area (Å²) in [5.74, 6) is 4.13. The fourth-order valence-electron chi connectivity index (χ4n) is 1.39. The summed E-state index contributed by atoms with van der Waals surface area (Å²) in [6, 6.07) is 10.6. The van der Waals surface area contributed by atoms with E-state index >= 15 is 0 Å². The molecular weight excluding hydrogens is 312 g/mol. The van der Waals surface area contributed by atoms with E-state index in [0.717, 1.165) is 12.1 Å². The lowest BCUT2D eigenvalue weighted by atomic mass is 10.1. The predicted molar refractivity (Wildman–Crippen MR) is 71.2 cm³/mol. The van der Waals surface area contributed by atoms with Gasteiger partial charge in [0.25, 0.3) is 0 Å². The molecule has 0 atom stereocenters. The molecule has 0 saturated heterocycles. The molecule has 19 heavy (non-hydrogen) atoms. The topological polar surface area (TPSA) is 23.8 Å². The van der Waals surface area contributed by atoms with Crippen molar-refractivity contribution in [2.24, 2.45) is 0 Å². The van der Waals surface area contributed by atoms with Gasteiger partial charge >= 0.3 is 0 Å². The van der Waals surface area contributed by atoms with Gasteiger partial charge in [-0.05, 0) is 52.3 Å². The van der Waals surface area contributed by atoms with Crippen LogP contribution in [-0.2, 0) is 0 Å². The first-order chi connectivity index (χ1) is 9.10. The van der Waals surface area contributed by atoms with Crippen molar-refractivity contribution in [2.45, 2.75) is 0 Å². The molecule has 0 saturated carbocycles. The molecule has 4 heteroatoms. The standard InChI is InChI=1S/C15H6BrF2N/c16-13-8-14(17)12(7-15(13)18)6-5-10-1-3-11(9-19)4-2-10/h1-4,7-8H. The zero-order valence-electron chi connectivity index (χ0n) is 9.55. The van der Waals surface area contributed by atoms with Gasteiger partial charge in [0.15, 0.2) is 0 Å². The van der Waals surface area contributed by atoms with Crippen LogP contribution in [-0.4, -0.2) is 0 Å². The van der Waals surface area contributed by atoms with Gasteiger partial charge in [0, 0.05) is 5.56 Å². The van der Waals surface area contributed by atoms with Crippen LogP contribution in [0.3, 0.4) is 0 Å². The van der Waals surface area contributed by atoms with Crippen LogP contribution in [0.15, 0.2) is 40.9 Å². The number of nitriles is 1. The number of nitrogens with zero attached hydrogens (tertiary/aromatic N) is 1. The Morgan fingerprint density at radius 1 is 0.895 bits per heavy atom. The second-order valence-corrected chi connectivity index (χ2v) is 4.54. The second kappa shape index (κ2) is 5.65. The van der Waals surface area contributed by atoms with E-state index in [9.17, 15) is 8.78 Å². The van der Waals surface area contributed by atoms with Gasteiger partial charge in [0.05, 0.1) is 21.7 Å². The van der Waals surface area contributed by atoms with Crippen LogP contribution in [0.2, 0.25) is 0 Å². The monoisotopic (exact) mass is 317 g/mol. The maximum Gasteiger partial charge on any atom is 0.140 e. The van der Waals surface area contributed by atoms with Crippen molar-refractivity contribution in [3.8, 4) is 17.9 Å². The van der Waals surface area contributed by atoms with Crippen LogP contribution < -0.4 is 0 Å². The molecule has 2 aromatic carbocycles. The predicted octanol–water partition coefficient (Wildman–Crippen LogP) is 4.00. The van der Waals surface area contributed by atoms with Crippen molar-refractivity contribution in [3.05, 3.63) is 69.2 Å². The zero-order valence-corrected chi connectivity index (χ0v) is 11.1. The highest BCUT2D eigenvalue weighted by Gasteiger charge is 2.05. The summed E-state index contributed by atoms with van der Waals surface area (Å²) >= 11 is 2.90. The molecule has 0 amide bonds. The minimum Gasteiger partial charge on any atom is -0.206 e. The Kier molecular flexibility index (Phi) is 3.94. The lowest BCUT2D eigenvalue weighted by Crippen LogP contribution is -1.88. The molecule has 0 spiro atoms. The maximum atomic E-state index is 13.5. The summed E-state index contributed by atoms with van der Waals surface area (Å²) in [5.41, 5.74) is 1.14. The van der Waals surface area contributed by atoms with Crippen LogP contribution in [0.4, 0.5) is 8.78 Å². The van der Waals surface area contributed by atoms with E-state index in [1.165, 1.54) is 0 Å².